The van der Waals surface area contributed by atoms with Gasteiger partial charge < -0.3 is 19.9 Å². The van der Waals surface area contributed by atoms with Crippen molar-refractivity contribution in [1.82, 2.24) is 25.2 Å². The standard InChI is InChI=1S/C31H36N6O3/c1-22-10-12-23(13-11-22)20-36(29(38)21-37-28-9-5-4-8-27(28)33-34-37)30(24-14-16-25(17-15-24)35(2)3)31(39)32-19-26-7-6-18-40-26/h4-5,8-17,26,30H,6-7,18-21H2,1-3H3,(H,32,39)/t26-,30+/m0/s1. The normalized spacial score (nSPS) is 15.6. The second-order valence-electron chi connectivity index (χ2n) is 10.5. The Balaban J connectivity index is 1.50. The molecule has 9 heteroatoms. The Bertz CT molecular complexity index is 1440. The number of aryl methyl sites for hydroxylation is 1. The molecule has 0 unspecified atom stereocenters. The van der Waals surface area contributed by atoms with Crippen LogP contribution in [0.25, 0.3) is 11.0 Å². The Morgan fingerprint density at radius 3 is 2.50 bits per heavy atom. The van der Waals surface area contributed by atoms with Crippen molar-refractivity contribution in [3.63, 3.8) is 0 Å². The van der Waals surface area contributed by atoms with Crippen molar-refractivity contribution in [3.8, 4) is 0 Å². The van der Waals surface area contributed by atoms with Gasteiger partial charge in [0.05, 0.1) is 11.6 Å². The number of ether oxygens (including phenoxy) is 1. The third kappa shape index (κ3) is 6.31. The number of amides is 2. The third-order valence-corrected chi connectivity index (χ3v) is 7.31. The zero-order valence-electron chi connectivity index (χ0n) is 23.3. The predicted molar refractivity (Wildman–Crippen MR) is 155 cm³/mol. The van der Waals surface area contributed by atoms with Crippen molar-refractivity contribution < 1.29 is 14.3 Å². The van der Waals surface area contributed by atoms with Crippen molar-refractivity contribution in [2.24, 2.45) is 0 Å². The number of nitrogens with zero attached hydrogens (tertiary/aromatic N) is 5. The zero-order valence-corrected chi connectivity index (χ0v) is 23.3. The molecule has 0 saturated carbocycles. The van der Waals surface area contributed by atoms with E-state index < -0.39 is 6.04 Å². The number of carbonyl (C=O) groups excluding carboxylic acids is 2. The van der Waals surface area contributed by atoms with Gasteiger partial charge in [-0.25, -0.2) is 4.68 Å². The lowest BCUT2D eigenvalue weighted by molar-refractivity contribution is -0.142. The number of hydrogen-bond acceptors (Lipinski definition) is 6. The summed E-state index contributed by atoms with van der Waals surface area (Å²) in [5.41, 5.74) is 5.28. The Morgan fingerprint density at radius 1 is 1.05 bits per heavy atom. The first-order valence-corrected chi connectivity index (χ1v) is 13.7. The summed E-state index contributed by atoms with van der Waals surface area (Å²) in [4.78, 5) is 31.7. The minimum absolute atomic E-state index is 0.0107. The molecule has 2 heterocycles. The molecule has 5 rings (SSSR count). The van der Waals surface area contributed by atoms with Gasteiger partial charge in [0.2, 0.25) is 11.8 Å². The summed E-state index contributed by atoms with van der Waals surface area (Å²) in [7, 11) is 3.94. The summed E-state index contributed by atoms with van der Waals surface area (Å²) in [5.74, 6) is -0.470. The van der Waals surface area contributed by atoms with Crippen LogP contribution in [0.15, 0.2) is 72.8 Å². The molecule has 1 fully saturated rings. The lowest BCUT2D eigenvalue weighted by atomic mass is 10.0. The molecule has 3 aromatic carbocycles. The van der Waals surface area contributed by atoms with E-state index in [-0.39, 0.29) is 31.0 Å². The van der Waals surface area contributed by atoms with Crippen LogP contribution < -0.4 is 10.2 Å². The highest BCUT2D eigenvalue weighted by molar-refractivity contribution is 5.89. The van der Waals surface area contributed by atoms with Gasteiger partial charge in [-0.15, -0.1) is 5.10 Å². The van der Waals surface area contributed by atoms with Crippen molar-refractivity contribution in [3.05, 3.63) is 89.5 Å². The Morgan fingerprint density at radius 2 is 1.80 bits per heavy atom. The van der Waals surface area contributed by atoms with Crippen LogP contribution in [0.5, 0.6) is 0 Å². The van der Waals surface area contributed by atoms with Gasteiger partial charge >= 0.3 is 0 Å². The first-order valence-electron chi connectivity index (χ1n) is 13.7. The van der Waals surface area contributed by atoms with Gasteiger partial charge in [-0.3, -0.25) is 9.59 Å². The van der Waals surface area contributed by atoms with E-state index in [0.29, 0.717) is 18.7 Å². The van der Waals surface area contributed by atoms with Crippen LogP contribution in [0.1, 0.15) is 35.6 Å². The largest absolute Gasteiger partial charge is 0.378 e. The summed E-state index contributed by atoms with van der Waals surface area (Å²) in [6.07, 6.45) is 1.89. The molecule has 0 bridgehead atoms. The maximum atomic E-state index is 14.1. The number of benzene rings is 3. The fourth-order valence-corrected chi connectivity index (χ4v) is 5.01. The molecule has 2 amide bonds. The van der Waals surface area contributed by atoms with E-state index in [4.69, 9.17) is 4.74 Å². The van der Waals surface area contributed by atoms with Crippen molar-refractivity contribution in [2.75, 3.05) is 32.1 Å². The first-order chi connectivity index (χ1) is 19.4. The van der Waals surface area contributed by atoms with Gasteiger partial charge in [0, 0.05) is 39.5 Å². The highest BCUT2D eigenvalue weighted by Gasteiger charge is 2.33. The topological polar surface area (TPSA) is 92.6 Å². The maximum Gasteiger partial charge on any atom is 0.247 e. The second-order valence-corrected chi connectivity index (χ2v) is 10.5. The third-order valence-electron chi connectivity index (χ3n) is 7.31. The average Bonchev–Trinajstić information content (AvgIpc) is 3.63. The number of para-hydroxylation sites is 1. The molecule has 40 heavy (non-hydrogen) atoms. The second kappa shape index (κ2) is 12.3. The van der Waals surface area contributed by atoms with E-state index in [1.807, 2.05) is 98.7 Å². The van der Waals surface area contributed by atoms with Crippen LogP contribution >= 0.6 is 0 Å². The summed E-state index contributed by atoms with van der Waals surface area (Å²) in [6.45, 7) is 3.36. The van der Waals surface area contributed by atoms with E-state index >= 15 is 0 Å². The highest BCUT2D eigenvalue weighted by atomic mass is 16.5. The molecule has 4 aromatic rings. The van der Waals surface area contributed by atoms with E-state index in [1.165, 1.54) is 0 Å². The van der Waals surface area contributed by atoms with Crippen LogP contribution in [0.4, 0.5) is 5.69 Å². The molecular weight excluding hydrogens is 504 g/mol. The number of carbonyl (C=O) groups is 2. The quantitative estimate of drug-likeness (QED) is 0.328. The fourth-order valence-electron chi connectivity index (χ4n) is 5.01. The molecule has 0 spiro atoms. The number of fused-ring (bicyclic) bond motifs is 1. The van der Waals surface area contributed by atoms with Gasteiger partial charge in [-0.2, -0.15) is 0 Å². The molecule has 208 valence electrons. The molecule has 1 aliphatic heterocycles. The Kier molecular flexibility index (Phi) is 8.40. The minimum atomic E-state index is -0.846. The smallest absolute Gasteiger partial charge is 0.247 e. The molecule has 1 aliphatic rings. The molecular formula is C31H36N6O3. The van der Waals surface area contributed by atoms with E-state index in [9.17, 15) is 9.59 Å². The zero-order chi connectivity index (χ0) is 28.1. The molecule has 9 nitrogen and oxygen atoms in total. The molecule has 1 N–H and O–H groups in total. The number of nitrogens with one attached hydrogen (secondary N) is 1. The predicted octanol–water partition coefficient (Wildman–Crippen LogP) is 3.87. The van der Waals surface area contributed by atoms with Crippen molar-refractivity contribution in [2.45, 2.75) is 45.0 Å². The highest BCUT2D eigenvalue weighted by Crippen LogP contribution is 2.27. The van der Waals surface area contributed by atoms with Gasteiger partial charge in [0.15, 0.2) is 0 Å². The van der Waals surface area contributed by atoms with E-state index in [1.54, 1.807) is 9.58 Å². The summed E-state index contributed by atoms with van der Waals surface area (Å²) in [6, 6.07) is 22.5. The van der Waals surface area contributed by atoms with Gasteiger partial charge in [-0.1, -0.05) is 59.3 Å². The Labute approximate surface area is 234 Å². The van der Waals surface area contributed by atoms with Crippen molar-refractivity contribution in [1.29, 1.82) is 0 Å². The van der Waals surface area contributed by atoms with Crippen molar-refractivity contribution >= 4 is 28.5 Å². The van der Waals surface area contributed by atoms with Crippen LogP contribution in [-0.2, 0) is 27.4 Å². The summed E-state index contributed by atoms with van der Waals surface area (Å²) >= 11 is 0. The fraction of sp³-hybridized carbons (Fsp3) is 0.355. The van der Waals surface area contributed by atoms with Gasteiger partial charge in [-0.05, 0) is 55.2 Å². The molecule has 1 aromatic heterocycles. The number of rotatable bonds is 10. The van der Waals surface area contributed by atoms with E-state index in [0.717, 1.165) is 40.7 Å². The summed E-state index contributed by atoms with van der Waals surface area (Å²) in [5, 5.41) is 11.5. The van der Waals surface area contributed by atoms with Crippen LogP contribution in [0, 0.1) is 6.92 Å². The molecule has 0 radical (unpaired) electrons. The minimum Gasteiger partial charge on any atom is -0.378 e. The summed E-state index contributed by atoms with van der Waals surface area (Å²) < 4.78 is 7.33. The van der Waals surface area contributed by atoms with Crippen LogP contribution in [0.3, 0.4) is 0 Å². The molecule has 1 saturated heterocycles. The van der Waals surface area contributed by atoms with Crippen LogP contribution in [0.2, 0.25) is 0 Å². The molecule has 0 aliphatic carbocycles. The van der Waals surface area contributed by atoms with Gasteiger partial charge in [0.1, 0.15) is 18.1 Å². The lowest BCUT2D eigenvalue weighted by Crippen LogP contribution is -2.46. The van der Waals surface area contributed by atoms with Gasteiger partial charge in [0.25, 0.3) is 0 Å². The lowest BCUT2D eigenvalue weighted by Gasteiger charge is -2.32. The number of aromatic nitrogens is 3. The van der Waals surface area contributed by atoms with Crippen LogP contribution in [-0.4, -0.2) is 65.1 Å². The maximum absolute atomic E-state index is 14.1. The monoisotopic (exact) mass is 540 g/mol. The SMILES string of the molecule is Cc1ccc(CN(C(=O)Cn2nnc3ccccc32)[C@@H](C(=O)NC[C@@H]2CCCO2)c2ccc(N(C)C)cc2)cc1. The average molecular weight is 541 g/mol. The molecule has 2 atom stereocenters. The number of hydrogen-bond donors (Lipinski definition) is 1. The van der Waals surface area contributed by atoms with E-state index in [2.05, 4.69) is 15.6 Å². The Hall–Kier alpha value is -4.24. The first kappa shape index (κ1) is 27.3. The number of anilines is 1.